The molecule has 0 saturated heterocycles. The molecule has 1 aromatic rings. The van der Waals surface area contributed by atoms with E-state index in [9.17, 15) is 0 Å². The van der Waals surface area contributed by atoms with E-state index in [4.69, 9.17) is 22.1 Å². The van der Waals surface area contributed by atoms with E-state index in [1.165, 1.54) is 12.8 Å². The zero-order valence-electron chi connectivity index (χ0n) is 10.4. The average Bonchev–Trinajstić information content (AvgIpc) is 2.30. The number of ether oxygens (including phenoxy) is 1. The van der Waals surface area contributed by atoms with E-state index >= 15 is 0 Å². The van der Waals surface area contributed by atoms with Crippen LogP contribution < -0.4 is 10.5 Å². The van der Waals surface area contributed by atoms with Gasteiger partial charge in [-0.25, -0.2) is 0 Å². The lowest BCUT2D eigenvalue weighted by atomic mass is 9.89. The van der Waals surface area contributed by atoms with Crippen LogP contribution in [0.15, 0.2) is 18.2 Å². The van der Waals surface area contributed by atoms with Crippen molar-refractivity contribution in [3.8, 4) is 5.75 Å². The quantitative estimate of drug-likeness (QED) is 0.886. The number of halogens is 1. The van der Waals surface area contributed by atoms with Gasteiger partial charge >= 0.3 is 0 Å². The van der Waals surface area contributed by atoms with Gasteiger partial charge < -0.3 is 10.5 Å². The lowest BCUT2D eigenvalue weighted by molar-refractivity contribution is 0.102. The van der Waals surface area contributed by atoms with Crippen molar-refractivity contribution < 1.29 is 4.74 Å². The Bertz CT molecular complexity index is 394. The summed E-state index contributed by atoms with van der Waals surface area (Å²) in [6.07, 6.45) is 3.48. The fourth-order valence-corrected chi connectivity index (χ4v) is 2.68. The van der Waals surface area contributed by atoms with Gasteiger partial charge in [0, 0.05) is 23.0 Å². The van der Waals surface area contributed by atoms with E-state index in [2.05, 4.69) is 13.8 Å². The number of nitrogens with two attached hydrogens (primary N) is 1. The van der Waals surface area contributed by atoms with Gasteiger partial charge in [0.15, 0.2) is 0 Å². The van der Waals surface area contributed by atoms with Crippen LogP contribution in [0.5, 0.6) is 5.75 Å². The minimum atomic E-state index is 0.0433. The normalized spacial score (nSPS) is 24.9. The van der Waals surface area contributed by atoms with Gasteiger partial charge in [-0.15, -0.1) is 0 Å². The summed E-state index contributed by atoms with van der Waals surface area (Å²) >= 11 is 5.98. The summed E-state index contributed by atoms with van der Waals surface area (Å²) in [5.74, 6) is 1.45. The van der Waals surface area contributed by atoms with Crippen molar-refractivity contribution in [1.29, 1.82) is 0 Å². The van der Waals surface area contributed by atoms with Crippen molar-refractivity contribution in [2.75, 3.05) is 0 Å². The summed E-state index contributed by atoms with van der Waals surface area (Å²) in [4.78, 5) is 0. The van der Waals surface area contributed by atoms with E-state index in [0.717, 1.165) is 22.8 Å². The summed E-state index contributed by atoms with van der Waals surface area (Å²) in [7, 11) is 0. The molecule has 3 atom stereocenters. The van der Waals surface area contributed by atoms with Gasteiger partial charge in [-0.2, -0.15) is 0 Å². The van der Waals surface area contributed by atoms with Gasteiger partial charge in [0.25, 0.3) is 0 Å². The highest BCUT2D eigenvalue weighted by atomic mass is 35.5. The molecule has 1 aromatic carbocycles. The number of hydrogen-bond acceptors (Lipinski definition) is 2. The maximum absolute atomic E-state index is 6.20. The van der Waals surface area contributed by atoms with E-state index in [1.807, 2.05) is 18.2 Å². The SMILES string of the molecule is CCCC(C)C1C[C@@H](N)c2cc(Cl)ccc2O1. The molecular weight excluding hydrogens is 234 g/mol. The molecule has 0 spiro atoms. The number of rotatable bonds is 3. The molecule has 17 heavy (non-hydrogen) atoms. The molecule has 2 N–H and O–H groups in total. The van der Waals surface area contributed by atoms with Crippen LogP contribution in [-0.4, -0.2) is 6.10 Å². The average molecular weight is 254 g/mol. The van der Waals surface area contributed by atoms with Gasteiger partial charge in [0.05, 0.1) is 0 Å². The Kier molecular flexibility index (Phi) is 3.95. The lowest BCUT2D eigenvalue weighted by Crippen LogP contribution is -2.34. The predicted molar refractivity (Wildman–Crippen MR) is 71.5 cm³/mol. The standard InChI is InChI=1S/C14H20ClNO/c1-3-4-9(2)14-8-12(16)11-7-10(15)5-6-13(11)17-14/h5-7,9,12,14H,3-4,8,16H2,1-2H3/t9?,12-,14?/m1/s1. The number of fused-ring (bicyclic) bond motifs is 1. The third kappa shape index (κ3) is 2.75. The Labute approximate surface area is 108 Å². The van der Waals surface area contributed by atoms with Gasteiger partial charge in [-0.05, 0) is 30.5 Å². The molecule has 2 rings (SSSR count). The van der Waals surface area contributed by atoms with E-state index < -0.39 is 0 Å². The zero-order chi connectivity index (χ0) is 12.4. The molecule has 0 aromatic heterocycles. The maximum atomic E-state index is 6.20. The Morgan fingerprint density at radius 3 is 3.00 bits per heavy atom. The molecule has 0 fully saturated rings. The van der Waals surface area contributed by atoms with Crippen molar-refractivity contribution >= 4 is 11.6 Å². The highest BCUT2D eigenvalue weighted by molar-refractivity contribution is 6.30. The zero-order valence-corrected chi connectivity index (χ0v) is 11.2. The third-order valence-corrected chi connectivity index (χ3v) is 3.75. The molecule has 1 aliphatic rings. The Balaban J connectivity index is 2.18. The van der Waals surface area contributed by atoms with Crippen molar-refractivity contribution in [2.45, 2.75) is 45.3 Å². The third-order valence-electron chi connectivity index (χ3n) is 3.51. The summed E-state index contributed by atoms with van der Waals surface area (Å²) in [6, 6.07) is 5.76. The molecule has 2 nitrogen and oxygen atoms in total. The van der Waals surface area contributed by atoms with Crippen LogP contribution in [-0.2, 0) is 0 Å². The van der Waals surface area contributed by atoms with Crippen molar-refractivity contribution in [1.82, 2.24) is 0 Å². The van der Waals surface area contributed by atoms with Crippen molar-refractivity contribution in [2.24, 2.45) is 11.7 Å². The summed E-state index contributed by atoms with van der Waals surface area (Å²) in [5, 5.41) is 0.725. The Hall–Kier alpha value is -0.730. The van der Waals surface area contributed by atoms with Crippen LogP contribution in [0.3, 0.4) is 0 Å². The first-order chi connectivity index (χ1) is 8.11. The van der Waals surface area contributed by atoms with Crippen molar-refractivity contribution in [3.05, 3.63) is 28.8 Å². The maximum Gasteiger partial charge on any atom is 0.124 e. The highest BCUT2D eigenvalue weighted by Crippen LogP contribution is 2.37. The van der Waals surface area contributed by atoms with E-state index in [1.54, 1.807) is 0 Å². The van der Waals surface area contributed by atoms with Crippen molar-refractivity contribution in [3.63, 3.8) is 0 Å². The molecule has 94 valence electrons. The lowest BCUT2D eigenvalue weighted by Gasteiger charge is -2.33. The topological polar surface area (TPSA) is 35.2 Å². The molecule has 0 bridgehead atoms. The number of benzene rings is 1. The van der Waals surface area contributed by atoms with Crippen LogP contribution in [0.25, 0.3) is 0 Å². The smallest absolute Gasteiger partial charge is 0.124 e. The highest BCUT2D eigenvalue weighted by Gasteiger charge is 2.29. The summed E-state index contributed by atoms with van der Waals surface area (Å²) < 4.78 is 6.03. The molecule has 3 heteroatoms. The second-order valence-electron chi connectivity index (χ2n) is 4.95. The molecular formula is C14H20ClNO. The first-order valence-corrected chi connectivity index (χ1v) is 6.71. The van der Waals surface area contributed by atoms with Gasteiger partial charge in [-0.3, -0.25) is 0 Å². The fourth-order valence-electron chi connectivity index (χ4n) is 2.49. The number of hydrogen-bond donors (Lipinski definition) is 1. The van der Waals surface area contributed by atoms with Gasteiger partial charge in [0.1, 0.15) is 11.9 Å². The van der Waals surface area contributed by atoms with Crippen LogP contribution >= 0.6 is 11.6 Å². The minimum Gasteiger partial charge on any atom is -0.490 e. The predicted octanol–water partition coefficient (Wildman–Crippen LogP) is 3.93. The largest absolute Gasteiger partial charge is 0.490 e. The van der Waals surface area contributed by atoms with Crippen LogP contribution in [0, 0.1) is 5.92 Å². The van der Waals surface area contributed by atoms with Crippen LogP contribution in [0.4, 0.5) is 0 Å². The fraction of sp³-hybridized carbons (Fsp3) is 0.571. The summed E-state index contributed by atoms with van der Waals surface area (Å²) in [5.41, 5.74) is 7.24. The Morgan fingerprint density at radius 2 is 2.29 bits per heavy atom. The molecule has 1 aliphatic heterocycles. The molecule has 0 saturated carbocycles. The first kappa shape index (κ1) is 12.7. The Morgan fingerprint density at radius 1 is 1.53 bits per heavy atom. The van der Waals surface area contributed by atoms with Crippen LogP contribution in [0.2, 0.25) is 5.02 Å². The van der Waals surface area contributed by atoms with Crippen LogP contribution in [0.1, 0.15) is 44.7 Å². The molecule has 0 aliphatic carbocycles. The molecule has 0 amide bonds. The molecule has 2 unspecified atom stereocenters. The minimum absolute atomic E-state index is 0.0433. The van der Waals surface area contributed by atoms with Gasteiger partial charge in [-0.1, -0.05) is 31.9 Å². The molecule has 1 heterocycles. The van der Waals surface area contributed by atoms with E-state index in [-0.39, 0.29) is 12.1 Å². The second kappa shape index (κ2) is 5.28. The monoisotopic (exact) mass is 253 g/mol. The van der Waals surface area contributed by atoms with Gasteiger partial charge in [0.2, 0.25) is 0 Å². The van der Waals surface area contributed by atoms with E-state index in [0.29, 0.717) is 5.92 Å². The second-order valence-corrected chi connectivity index (χ2v) is 5.38. The molecule has 0 radical (unpaired) electrons. The summed E-state index contributed by atoms with van der Waals surface area (Å²) in [6.45, 7) is 4.44. The first-order valence-electron chi connectivity index (χ1n) is 6.33.